The first-order chi connectivity index (χ1) is 6.79. The second-order valence-corrected chi connectivity index (χ2v) is 3.57. The molecule has 2 rings (SSSR count). The summed E-state index contributed by atoms with van der Waals surface area (Å²) in [6.07, 6.45) is 2.90. The summed E-state index contributed by atoms with van der Waals surface area (Å²) in [6.45, 7) is 4.75. The van der Waals surface area contributed by atoms with Crippen LogP contribution in [0.2, 0.25) is 0 Å². The van der Waals surface area contributed by atoms with Crippen molar-refractivity contribution in [1.29, 1.82) is 0 Å². The first-order valence-corrected chi connectivity index (χ1v) is 4.86. The van der Waals surface area contributed by atoms with Gasteiger partial charge in [-0.1, -0.05) is 0 Å². The van der Waals surface area contributed by atoms with Crippen LogP contribution in [0.1, 0.15) is 6.92 Å². The lowest BCUT2D eigenvalue weighted by Gasteiger charge is -2.35. The predicted octanol–water partition coefficient (Wildman–Crippen LogP) is 1.86. The van der Waals surface area contributed by atoms with Crippen molar-refractivity contribution < 1.29 is 4.39 Å². The highest BCUT2D eigenvalue weighted by atomic mass is 35.5. The van der Waals surface area contributed by atoms with Gasteiger partial charge in [0, 0.05) is 31.9 Å². The van der Waals surface area contributed by atoms with Gasteiger partial charge in [0.05, 0.1) is 11.9 Å². The third-order valence-corrected chi connectivity index (χ3v) is 2.56. The lowest BCUT2D eigenvalue weighted by molar-refractivity contribution is 0.490. The highest BCUT2D eigenvalue weighted by Crippen LogP contribution is 2.20. The van der Waals surface area contributed by atoms with Gasteiger partial charge in [0.25, 0.3) is 0 Å². The highest BCUT2D eigenvalue weighted by molar-refractivity contribution is 5.85. The first-order valence-electron chi connectivity index (χ1n) is 4.86. The van der Waals surface area contributed by atoms with Crippen molar-refractivity contribution >= 4 is 30.5 Å². The topological polar surface area (TPSA) is 28.2 Å². The maximum absolute atomic E-state index is 13.4. The zero-order chi connectivity index (χ0) is 9.97. The van der Waals surface area contributed by atoms with Crippen LogP contribution in [0, 0.1) is 5.82 Å². The largest absolute Gasteiger partial charge is 0.364 e. The van der Waals surface area contributed by atoms with Crippen LogP contribution in [-0.4, -0.2) is 30.7 Å². The van der Waals surface area contributed by atoms with Gasteiger partial charge < -0.3 is 10.2 Å². The van der Waals surface area contributed by atoms with Crippen LogP contribution in [0.3, 0.4) is 0 Å². The lowest BCUT2D eigenvalue weighted by Crippen LogP contribution is -2.50. The van der Waals surface area contributed by atoms with Crippen molar-refractivity contribution in [3.63, 3.8) is 0 Å². The molecule has 1 aromatic rings. The van der Waals surface area contributed by atoms with E-state index < -0.39 is 0 Å². The van der Waals surface area contributed by atoms with E-state index in [2.05, 4.69) is 22.1 Å². The van der Waals surface area contributed by atoms with E-state index >= 15 is 0 Å². The fourth-order valence-corrected chi connectivity index (χ4v) is 1.80. The molecule has 0 aliphatic carbocycles. The summed E-state index contributed by atoms with van der Waals surface area (Å²) in [5.41, 5.74) is 0.661. The van der Waals surface area contributed by atoms with Gasteiger partial charge in [-0.15, -0.1) is 24.8 Å². The maximum atomic E-state index is 13.4. The molecule has 1 aliphatic rings. The molecule has 2 heterocycles. The van der Waals surface area contributed by atoms with Crippen LogP contribution in [0.25, 0.3) is 0 Å². The minimum absolute atomic E-state index is 0. The van der Waals surface area contributed by atoms with Gasteiger partial charge in [-0.25, -0.2) is 4.39 Å². The molecule has 0 saturated carbocycles. The molecule has 1 aromatic heterocycles. The number of anilines is 1. The molecular weight excluding hydrogens is 252 g/mol. The van der Waals surface area contributed by atoms with Crippen LogP contribution < -0.4 is 10.2 Å². The van der Waals surface area contributed by atoms with Crippen LogP contribution in [0.15, 0.2) is 18.5 Å². The van der Waals surface area contributed by atoms with Crippen molar-refractivity contribution in [3.8, 4) is 0 Å². The Morgan fingerprint density at radius 3 is 2.88 bits per heavy atom. The van der Waals surface area contributed by atoms with Gasteiger partial charge in [-0.3, -0.25) is 4.98 Å². The summed E-state index contributed by atoms with van der Waals surface area (Å²) in [6, 6.07) is 2.07. The minimum atomic E-state index is -0.235. The second kappa shape index (κ2) is 6.89. The first kappa shape index (κ1) is 15.4. The third-order valence-electron chi connectivity index (χ3n) is 2.56. The number of rotatable bonds is 1. The molecule has 1 fully saturated rings. The van der Waals surface area contributed by atoms with E-state index in [1.165, 1.54) is 6.20 Å². The van der Waals surface area contributed by atoms with Gasteiger partial charge in [-0.05, 0) is 13.0 Å². The molecule has 1 saturated heterocycles. The van der Waals surface area contributed by atoms with Crippen LogP contribution in [-0.2, 0) is 0 Å². The van der Waals surface area contributed by atoms with Crippen molar-refractivity contribution in [2.45, 2.75) is 13.0 Å². The van der Waals surface area contributed by atoms with E-state index in [0.29, 0.717) is 11.7 Å². The monoisotopic (exact) mass is 267 g/mol. The summed E-state index contributed by atoms with van der Waals surface area (Å²) in [5, 5.41) is 3.27. The number of pyridine rings is 1. The standard InChI is InChI=1S/C10H14FN3.2ClH/c1-8-6-13-4-5-14(8)10-2-3-12-7-9(10)11;;/h2-3,7-8,13H,4-6H2,1H3;2*1H. The van der Waals surface area contributed by atoms with E-state index in [9.17, 15) is 4.39 Å². The fraction of sp³-hybridized carbons (Fsp3) is 0.500. The molecule has 0 spiro atoms. The average Bonchev–Trinajstić information content (AvgIpc) is 2.20. The van der Waals surface area contributed by atoms with E-state index in [0.717, 1.165) is 19.6 Å². The van der Waals surface area contributed by atoms with Gasteiger partial charge in [0.15, 0.2) is 5.82 Å². The number of hydrogen-bond acceptors (Lipinski definition) is 3. The van der Waals surface area contributed by atoms with E-state index in [4.69, 9.17) is 0 Å². The number of hydrogen-bond donors (Lipinski definition) is 1. The SMILES string of the molecule is CC1CNCCN1c1ccncc1F.Cl.Cl. The smallest absolute Gasteiger partial charge is 0.164 e. The zero-order valence-electron chi connectivity index (χ0n) is 9.02. The molecule has 6 heteroatoms. The van der Waals surface area contributed by atoms with Crippen LogP contribution in [0.5, 0.6) is 0 Å². The normalized spacial score (nSPS) is 19.6. The molecular formula is C10H16Cl2FN3. The Morgan fingerprint density at radius 2 is 2.25 bits per heavy atom. The summed E-state index contributed by atoms with van der Waals surface area (Å²) in [7, 11) is 0. The summed E-state index contributed by atoms with van der Waals surface area (Å²) >= 11 is 0. The molecule has 16 heavy (non-hydrogen) atoms. The summed E-state index contributed by atoms with van der Waals surface area (Å²) in [5.74, 6) is -0.235. The Hall–Kier alpha value is -0.580. The Labute approximate surface area is 107 Å². The molecule has 0 aromatic carbocycles. The Balaban J connectivity index is 0.00000112. The van der Waals surface area contributed by atoms with Crippen molar-refractivity contribution in [2.24, 2.45) is 0 Å². The summed E-state index contributed by atoms with van der Waals surface area (Å²) < 4.78 is 13.4. The second-order valence-electron chi connectivity index (χ2n) is 3.57. The number of piperazine rings is 1. The number of aromatic nitrogens is 1. The number of nitrogens with zero attached hydrogens (tertiary/aromatic N) is 2. The molecule has 1 N–H and O–H groups in total. The van der Waals surface area contributed by atoms with Crippen LogP contribution >= 0.6 is 24.8 Å². The van der Waals surface area contributed by atoms with Crippen LogP contribution in [0.4, 0.5) is 10.1 Å². The lowest BCUT2D eigenvalue weighted by atomic mass is 10.2. The third kappa shape index (κ3) is 3.20. The highest BCUT2D eigenvalue weighted by Gasteiger charge is 2.20. The molecule has 0 bridgehead atoms. The molecule has 0 amide bonds. The molecule has 1 unspecified atom stereocenters. The molecule has 92 valence electrons. The quantitative estimate of drug-likeness (QED) is 0.842. The van der Waals surface area contributed by atoms with E-state index in [1.807, 2.05) is 0 Å². The zero-order valence-corrected chi connectivity index (χ0v) is 10.7. The Bertz CT molecular complexity index is 325. The molecule has 1 aliphatic heterocycles. The predicted molar refractivity (Wildman–Crippen MR) is 68.4 cm³/mol. The molecule has 1 atom stereocenters. The minimum Gasteiger partial charge on any atom is -0.364 e. The van der Waals surface area contributed by atoms with E-state index in [-0.39, 0.29) is 30.6 Å². The van der Waals surface area contributed by atoms with Crippen molar-refractivity contribution in [2.75, 3.05) is 24.5 Å². The van der Waals surface area contributed by atoms with Gasteiger partial charge in [-0.2, -0.15) is 0 Å². The molecule has 3 nitrogen and oxygen atoms in total. The Kier molecular flexibility index (Phi) is 6.64. The maximum Gasteiger partial charge on any atom is 0.164 e. The van der Waals surface area contributed by atoms with Gasteiger partial charge >= 0.3 is 0 Å². The molecule has 0 radical (unpaired) electrons. The summed E-state index contributed by atoms with van der Waals surface area (Å²) in [4.78, 5) is 5.82. The number of nitrogens with one attached hydrogen (secondary N) is 1. The van der Waals surface area contributed by atoms with Gasteiger partial charge in [0.1, 0.15) is 0 Å². The van der Waals surface area contributed by atoms with Crippen molar-refractivity contribution in [1.82, 2.24) is 10.3 Å². The Morgan fingerprint density at radius 1 is 1.50 bits per heavy atom. The average molecular weight is 268 g/mol. The number of halogens is 3. The van der Waals surface area contributed by atoms with Crippen molar-refractivity contribution in [3.05, 3.63) is 24.3 Å². The fourth-order valence-electron chi connectivity index (χ4n) is 1.80. The van der Waals surface area contributed by atoms with E-state index in [1.54, 1.807) is 12.3 Å². The van der Waals surface area contributed by atoms with Gasteiger partial charge in [0.2, 0.25) is 0 Å².